The average molecular weight is 285 g/mol. The molecular formula is C17H19NO3. The zero-order valence-corrected chi connectivity index (χ0v) is 11.9. The van der Waals surface area contributed by atoms with Gasteiger partial charge >= 0.3 is 5.97 Å². The van der Waals surface area contributed by atoms with Crippen molar-refractivity contribution in [2.45, 2.75) is 38.1 Å². The van der Waals surface area contributed by atoms with E-state index in [2.05, 4.69) is 0 Å². The second-order valence-corrected chi connectivity index (χ2v) is 6.18. The Bertz CT molecular complexity index is 697. The second kappa shape index (κ2) is 4.79. The molecule has 4 rings (SSSR count). The summed E-state index contributed by atoms with van der Waals surface area (Å²) in [5, 5.41) is 10.5. The summed E-state index contributed by atoms with van der Waals surface area (Å²) in [6, 6.07) is 7.76. The first-order valence-electron chi connectivity index (χ1n) is 7.76. The Balaban J connectivity index is 1.89. The zero-order valence-electron chi connectivity index (χ0n) is 11.9. The Kier molecular flexibility index (Phi) is 2.91. The minimum atomic E-state index is -0.847. The van der Waals surface area contributed by atoms with Gasteiger partial charge in [0.25, 0.3) is 0 Å². The number of nitrogens with zero attached hydrogens (tertiary/aromatic N) is 1. The van der Waals surface area contributed by atoms with Gasteiger partial charge in [0.15, 0.2) is 0 Å². The van der Waals surface area contributed by atoms with Crippen molar-refractivity contribution in [1.82, 2.24) is 4.57 Å². The lowest BCUT2D eigenvalue weighted by molar-refractivity contribution is 0.0671. The zero-order chi connectivity index (χ0) is 14.4. The molecular weight excluding hydrogens is 266 g/mol. The van der Waals surface area contributed by atoms with Crippen molar-refractivity contribution in [1.29, 1.82) is 0 Å². The van der Waals surface area contributed by atoms with Crippen molar-refractivity contribution in [3.8, 4) is 5.75 Å². The Hall–Kier alpha value is -1.97. The van der Waals surface area contributed by atoms with Gasteiger partial charge in [-0.15, -0.1) is 0 Å². The molecule has 1 N–H and O–H groups in total. The van der Waals surface area contributed by atoms with Crippen molar-refractivity contribution in [2.75, 3.05) is 6.61 Å². The molecule has 1 fully saturated rings. The molecule has 1 aromatic heterocycles. The Morgan fingerprint density at radius 3 is 2.81 bits per heavy atom. The monoisotopic (exact) mass is 285 g/mol. The predicted molar refractivity (Wildman–Crippen MR) is 80.0 cm³/mol. The van der Waals surface area contributed by atoms with Crippen LogP contribution >= 0.6 is 0 Å². The van der Waals surface area contributed by atoms with E-state index in [0.29, 0.717) is 18.2 Å². The van der Waals surface area contributed by atoms with E-state index in [1.54, 1.807) is 6.07 Å². The van der Waals surface area contributed by atoms with E-state index in [0.717, 1.165) is 16.7 Å². The molecule has 1 saturated carbocycles. The van der Waals surface area contributed by atoms with Crippen LogP contribution in [0.25, 0.3) is 10.9 Å². The normalized spacial score (nSPS) is 22.2. The number of para-hydroxylation sites is 1. The first-order chi connectivity index (χ1) is 10.3. The number of hydrogen-bond donors (Lipinski definition) is 1. The minimum Gasteiger partial charge on any atom is -0.489 e. The summed E-state index contributed by atoms with van der Waals surface area (Å²) < 4.78 is 7.97. The smallest absolute Gasteiger partial charge is 0.352 e. The Labute approximate surface area is 123 Å². The maximum Gasteiger partial charge on any atom is 0.352 e. The Morgan fingerprint density at radius 2 is 2.05 bits per heavy atom. The quantitative estimate of drug-likeness (QED) is 0.911. The van der Waals surface area contributed by atoms with E-state index in [1.807, 2.05) is 22.8 Å². The summed E-state index contributed by atoms with van der Waals surface area (Å²) in [5.74, 6) is 0.493. The van der Waals surface area contributed by atoms with E-state index in [9.17, 15) is 9.90 Å². The molecule has 4 nitrogen and oxygen atoms in total. The number of rotatable bonds is 2. The molecule has 0 radical (unpaired) electrons. The fourth-order valence-corrected chi connectivity index (χ4v) is 3.99. The molecule has 4 heteroatoms. The highest BCUT2D eigenvalue weighted by Crippen LogP contribution is 2.42. The molecule has 1 aliphatic carbocycles. The van der Waals surface area contributed by atoms with Crippen molar-refractivity contribution in [3.63, 3.8) is 0 Å². The molecule has 21 heavy (non-hydrogen) atoms. The van der Waals surface area contributed by atoms with Crippen molar-refractivity contribution >= 4 is 16.9 Å². The lowest BCUT2D eigenvalue weighted by Gasteiger charge is -2.35. The highest BCUT2D eigenvalue weighted by molar-refractivity contribution is 5.97. The SMILES string of the molecule is O=C(O)c1cc2cccc3c2n1[C@H](C1CCCCC1)CO3. The number of benzene rings is 1. The van der Waals surface area contributed by atoms with Gasteiger partial charge in [0.1, 0.15) is 18.1 Å². The van der Waals surface area contributed by atoms with Crippen LogP contribution in [0.2, 0.25) is 0 Å². The van der Waals surface area contributed by atoms with Gasteiger partial charge in [-0.1, -0.05) is 31.4 Å². The van der Waals surface area contributed by atoms with Crippen LogP contribution in [0.3, 0.4) is 0 Å². The van der Waals surface area contributed by atoms with E-state index in [4.69, 9.17) is 4.74 Å². The van der Waals surface area contributed by atoms with Crippen LogP contribution in [0.1, 0.15) is 48.6 Å². The highest BCUT2D eigenvalue weighted by Gasteiger charge is 2.33. The van der Waals surface area contributed by atoms with Crippen LogP contribution in [0.5, 0.6) is 5.75 Å². The molecule has 2 heterocycles. The second-order valence-electron chi connectivity index (χ2n) is 6.18. The molecule has 0 amide bonds. The number of aromatic carboxylic acids is 1. The topological polar surface area (TPSA) is 51.5 Å². The molecule has 0 spiro atoms. The number of ether oxygens (including phenoxy) is 1. The van der Waals surface area contributed by atoms with Gasteiger partial charge in [-0.2, -0.15) is 0 Å². The van der Waals surface area contributed by atoms with Crippen LogP contribution in [0, 0.1) is 5.92 Å². The molecule has 110 valence electrons. The largest absolute Gasteiger partial charge is 0.489 e. The van der Waals surface area contributed by atoms with Crippen molar-refractivity contribution < 1.29 is 14.6 Å². The van der Waals surface area contributed by atoms with Crippen LogP contribution in [0.15, 0.2) is 24.3 Å². The standard InChI is InChI=1S/C17H19NO3/c19-17(20)13-9-12-7-4-8-15-16(12)18(13)14(10-21-15)11-5-2-1-3-6-11/h4,7-9,11,14H,1-3,5-6,10H2,(H,19,20)/t14-/m0/s1. The van der Waals surface area contributed by atoms with E-state index >= 15 is 0 Å². The lowest BCUT2D eigenvalue weighted by atomic mass is 9.83. The molecule has 1 aliphatic heterocycles. The first-order valence-corrected chi connectivity index (χ1v) is 7.76. The number of hydrogen-bond acceptors (Lipinski definition) is 2. The number of aromatic nitrogens is 1. The van der Waals surface area contributed by atoms with Gasteiger partial charge in [0, 0.05) is 5.39 Å². The molecule has 2 aliphatic rings. The number of carboxylic acids is 1. The molecule has 0 saturated heterocycles. The van der Waals surface area contributed by atoms with Crippen molar-refractivity contribution in [2.24, 2.45) is 5.92 Å². The molecule has 2 aromatic rings. The third-order valence-corrected chi connectivity index (χ3v) is 4.98. The summed E-state index contributed by atoms with van der Waals surface area (Å²) in [6.07, 6.45) is 6.14. The molecule has 0 bridgehead atoms. The van der Waals surface area contributed by atoms with Crippen LogP contribution in [-0.2, 0) is 0 Å². The maximum absolute atomic E-state index is 11.7. The first kappa shape index (κ1) is 12.7. The minimum absolute atomic E-state index is 0.156. The van der Waals surface area contributed by atoms with E-state index < -0.39 is 5.97 Å². The molecule has 1 atom stereocenters. The maximum atomic E-state index is 11.7. The van der Waals surface area contributed by atoms with Crippen LogP contribution in [0.4, 0.5) is 0 Å². The summed E-state index contributed by atoms with van der Waals surface area (Å²) in [7, 11) is 0. The molecule has 0 unspecified atom stereocenters. The number of carboxylic acid groups (broad SMARTS) is 1. The van der Waals surface area contributed by atoms with E-state index in [-0.39, 0.29) is 6.04 Å². The van der Waals surface area contributed by atoms with Crippen LogP contribution < -0.4 is 4.74 Å². The van der Waals surface area contributed by atoms with Gasteiger partial charge in [0.2, 0.25) is 0 Å². The third-order valence-electron chi connectivity index (χ3n) is 4.98. The fraction of sp³-hybridized carbons (Fsp3) is 0.471. The Morgan fingerprint density at radius 1 is 1.24 bits per heavy atom. The van der Waals surface area contributed by atoms with Gasteiger partial charge in [0.05, 0.1) is 11.6 Å². The number of carbonyl (C=O) groups is 1. The summed E-state index contributed by atoms with van der Waals surface area (Å²) in [5.41, 5.74) is 1.35. The summed E-state index contributed by atoms with van der Waals surface area (Å²) >= 11 is 0. The summed E-state index contributed by atoms with van der Waals surface area (Å²) in [4.78, 5) is 11.7. The average Bonchev–Trinajstić information content (AvgIpc) is 2.91. The van der Waals surface area contributed by atoms with Gasteiger partial charge < -0.3 is 14.4 Å². The van der Waals surface area contributed by atoms with Gasteiger partial charge in [-0.25, -0.2) is 4.79 Å². The van der Waals surface area contributed by atoms with E-state index in [1.165, 1.54) is 32.1 Å². The molecule has 1 aromatic carbocycles. The third kappa shape index (κ3) is 1.93. The van der Waals surface area contributed by atoms with Crippen molar-refractivity contribution in [3.05, 3.63) is 30.0 Å². The van der Waals surface area contributed by atoms with Gasteiger partial charge in [-0.05, 0) is 30.9 Å². The lowest BCUT2D eigenvalue weighted by Crippen LogP contribution is -2.31. The predicted octanol–water partition coefficient (Wildman–Crippen LogP) is 3.85. The van der Waals surface area contributed by atoms with Gasteiger partial charge in [-0.3, -0.25) is 0 Å². The van der Waals surface area contributed by atoms with Crippen LogP contribution in [-0.4, -0.2) is 22.2 Å². The highest BCUT2D eigenvalue weighted by atomic mass is 16.5. The summed E-state index contributed by atoms with van der Waals surface area (Å²) in [6.45, 7) is 0.589. The fourth-order valence-electron chi connectivity index (χ4n) is 3.99.